The quantitative estimate of drug-likeness (QED) is 0.379. The van der Waals surface area contributed by atoms with Crippen LogP contribution in [0.15, 0.2) is 12.1 Å². The molecule has 0 amide bonds. The molecule has 0 unspecified atom stereocenters. The Balaban J connectivity index is 2.98. The minimum Gasteiger partial charge on any atom is -0.319 e. The van der Waals surface area contributed by atoms with Crippen molar-refractivity contribution in [3.63, 3.8) is 0 Å². The highest BCUT2D eigenvalue weighted by Crippen LogP contribution is 2.20. The summed E-state index contributed by atoms with van der Waals surface area (Å²) in [6.45, 7) is 0.629. The molecule has 0 aliphatic heterocycles. The number of rotatable bonds is 3. The van der Waals surface area contributed by atoms with E-state index in [9.17, 15) is 18.9 Å². The molecule has 0 aromatic heterocycles. The van der Waals surface area contributed by atoms with Crippen molar-refractivity contribution in [2.75, 3.05) is 13.6 Å². The zero-order valence-electron chi connectivity index (χ0n) is 9.09. The first kappa shape index (κ1) is 13.1. The molecule has 1 aromatic rings. The molecule has 0 saturated carbocycles. The Morgan fingerprint density at radius 2 is 2.12 bits per heavy atom. The first-order valence-electron chi connectivity index (χ1n) is 4.83. The monoisotopic (exact) mass is 240 g/mol. The molecular weight excluding hydrogens is 230 g/mol. The van der Waals surface area contributed by atoms with Gasteiger partial charge in [-0.15, -0.1) is 0 Å². The van der Waals surface area contributed by atoms with Crippen LogP contribution in [0.2, 0.25) is 0 Å². The van der Waals surface area contributed by atoms with Crippen LogP contribution >= 0.6 is 0 Å². The van der Waals surface area contributed by atoms with E-state index < -0.39 is 22.2 Å². The maximum Gasteiger partial charge on any atom is 0.307 e. The average molecular weight is 240 g/mol. The van der Waals surface area contributed by atoms with Crippen LogP contribution in [0.5, 0.6) is 0 Å². The highest BCUT2D eigenvalue weighted by molar-refractivity contribution is 5.43. The van der Waals surface area contributed by atoms with Crippen molar-refractivity contribution in [3.8, 4) is 11.8 Å². The van der Waals surface area contributed by atoms with Crippen LogP contribution in [0, 0.1) is 33.6 Å². The Bertz CT molecular complexity index is 492. The lowest BCUT2D eigenvalue weighted by atomic mass is 10.2. The van der Waals surface area contributed by atoms with E-state index in [2.05, 4.69) is 17.2 Å². The van der Waals surface area contributed by atoms with Gasteiger partial charge in [0.1, 0.15) is 5.82 Å². The van der Waals surface area contributed by atoms with E-state index in [1.807, 2.05) is 0 Å². The van der Waals surface area contributed by atoms with E-state index in [0.29, 0.717) is 19.0 Å². The average Bonchev–Trinajstić information content (AvgIpc) is 2.28. The van der Waals surface area contributed by atoms with E-state index in [-0.39, 0.29) is 5.56 Å². The third kappa shape index (κ3) is 3.50. The van der Waals surface area contributed by atoms with Crippen LogP contribution in [-0.2, 0) is 0 Å². The van der Waals surface area contributed by atoms with Crippen LogP contribution in [0.4, 0.5) is 14.5 Å². The molecule has 0 saturated heterocycles. The summed E-state index contributed by atoms with van der Waals surface area (Å²) < 4.78 is 26.5. The summed E-state index contributed by atoms with van der Waals surface area (Å²) in [6, 6.07) is 1.28. The number of halogens is 2. The molecule has 0 fully saturated rings. The Hall–Kier alpha value is -2.00. The maximum absolute atomic E-state index is 13.3. The maximum atomic E-state index is 13.3. The van der Waals surface area contributed by atoms with Crippen molar-refractivity contribution in [3.05, 3.63) is 39.4 Å². The van der Waals surface area contributed by atoms with Gasteiger partial charge in [0, 0.05) is 13.0 Å². The Kier molecular flexibility index (Phi) is 4.55. The molecule has 4 nitrogen and oxygen atoms in total. The molecule has 0 aliphatic rings. The fraction of sp³-hybridized carbons (Fsp3) is 0.273. The van der Waals surface area contributed by atoms with E-state index in [4.69, 9.17) is 0 Å². The first-order valence-corrected chi connectivity index (χ1v) is 4.83. The predicted octanol–water partition coefficient (Wildman–Crippen LogP) is 1.83. The van der Waals surface area contributed by atoms with Crippen LogP contribution in [0.1, 0.15) is 12.0 Å². The number of hydrogen-bond acceptors (Lipinski definition) is 3. The fourth-order valence-electron chi connectivity index (χ4n) is 1.12. The summed E-state index contributed by atoms with van der Waals surface area (Å²) in [5, 5.41) is 13.2. The summed E-state index contributed by atoms with van der Waals surface area (Å²) in [4.78, 5) is 9.36. The second-order valence-corrected chi connectivity index (χ2v) is 3.20. The van der Waals surface area contributed by atoms with E-state index in [1.165, 1.54) is 0 Å². The van der Waals surface area contributed by atoms with Crippen molar-refractivity contribution in [1.82, 2.24) is 5.32 Å². The lowest BCUT2D eigenvalue weighted by molar-refractivity contribution is -0.387. The van der Waals surface area contributed by atoms with Crippen LogP contribution < -0.4 is 5.32 Å². The predicted molar refractivity (Wildman–Crippen MR) is 58.4 cm³/mol. The fourth-order valence-corrected chi connectivity index (χ4v) is 1.12. The summed E-state index contributed by atoms with van der Waals surface area (Å²) in [6.07, 6.45) is 0.481. The smallest absolute Gasteiger partial charge is 0.307 e. The largest absolute Gasteiger partial charge is 0.319 e. The molecule has 0 atom stereocenters. The van der Waals surface area contributed by atoms with Gasteiger partial charge in [-0.1, -0.05) is 11.8 Å². The van der Waals surface area contributed by atoms with E-state index >= 15 is 0 Å². The van der Waals surface area contributed by atoms with Gasteiger partial charge in [-0.2, -0.15) is 4.39 Å². The zero-order valence-corrected chi connectivity index (χ0v) is 9.09. The summed E-state index contributed by atoms with van der Waals surface area (Å²) in [5.41, 5.74) is -1.06. The lowest BCUT2D eigenvalue weighted by Gasteiger charge is -1.97. The number of nitro benzene ring substituents is 1. The standard InChI is InChI=1S/C11H10F2N2O2/c1-14-5-3-2-4-8-6-10(13)11(15(16)17)7-9(8)12/h6-7,14H,3,5H2,1H3. The number of benzene rings is 1. The molecule has 17 heavy (non-hydrogen) atoms. The van der Waals surface area contributed by atoms with Gasteiger partial charge in [-0.25, -0.2) is 4.39 Å². The Labute approximate surface area is 96.8 Å². The Morgan fingerprint density at radius 1 is 1.41 bits per heavy atom. The number of nitro groups is 1. The van der Waals surface area contributed by atoms with Crippen molar-refractivity contribution in [2.24, 2.45) is 0 Å². The third-order valence-corrected chi connectivity index (χ3v) is 1.96. The van der Waals surface area contributed by atoms with Gasteiger partial charge in [0.25, 0.3) is 0 Å². The van der Waals surface area contributed by atoms with Crippen LogP contribution in [-0.4, -0.2) is 18.5 Å². The Morgan fingerprint density at radius 3 is 2.71 bits per heavy atom. The molecule has 0 heterocycles. The first-order chi connectivity index (χ1) is 8.06. The molecular formula is C11H10F2N2O2. The highest BCUT2D eigenvalue weighted by Gasteiger charge is 2.17. The molecule has 0 bridgehead atoms. The molecule has 1 aromatic carbocycles. The molecule has 1 rings (SSSR count). The molecule has 90 valence electrons. The van der Waals surface area contributed by atoms with Gasteiger partial charge in [0.05, 0.1) is 16.6 Å². The third-order valence-electron chi connectivity index (χ3n) is 1.96. The van der Waals surface area contributed by atoms with Crippen molar-refractivity contribution < 1.29 is 13.7 Å². The topological polar surface area (TPSA) is 55.2 Å². The van der Waals surface area contributed by atoms with Gasteiger partial charge < -0.3 is 5.32 Å². The van der Waals surface area contributed by atoms with E-state index in [0.717, 1.165) is 6.07 Å². The molecule has 0 spiro atoms. The van der Waals surface area contributed by atoms with Gasteiger partial charge in [-0.3, -0.25) is 10.1 Å². The zero-order chi connectivity index (χ0) is 12.8. The summed E-state index contributed by atoms with van der Waals surface area (Å²) in [5.74, 6) is 3.08. The summed E-state index contributed by atoms with van der Waals surface area (Å²) >= 11 is 0. The molecule has 0 aliphatic carbocycles. The number of hydrogen-bond donors (Lipinski definition) is 1. The second-order valence-electron chi connectivity index (χ2n) is 3.20. The van der Waals surface area contributed by atoms with Crippen molar-refractivity contribution in [2.45, 2.75) is 6.42 Å². The van der Waals surface area contributed by atoms with Crippen LogP contribution in [0.3, 0.4) is 0 Å². The lowest BCUT2D eigenvalue weighted by Crippen LogP contribution is -2.05. The SMILES string of the molecule is CNCCC#Cc1cc(F)c([N+](=O)[O-])cc1F. The summed E-state index contributed by atoms with van der Waals surface area (Å²) in [7, 11) is 1.74. The van der Waals surface area contributed by atoms with Crippen LogP contribution in [0.25, 0.3) is 0 Å². The van der Waals surface area contributed by atoms with Gasteiger partial charge >= 0.3 is 5.69 Å². The van der Waals surface area contributed by atoms with Crippen molar-refractivity contribution in [1.29, 1.82) is 0 Å². The normalized spacial score (nSPS) is 9.59. The number of nitrogens with one attached hydrogen (secondary N) is 1. The van der Waals surface area contributed by atoms with Gasteiger partial charge in [-0.05, 0) is 13.1 Å². The van der Waals surface area contributed by atoms with E-state index in [1.54, 1.807) is 7.05 Å². The number of nitrogens with zero attached hydrogens (tertiary/aromatic N) is 1. The van der Waals surface area contributed by atoms with Gasteiger partial charge in [0.15, 0.2) is 0 Å². The second kappa shape index (κ2) is 5.92. The highest BCUT2D eigenvalue weighted by atomic mass is 19.1. The van der Waals surface area contributed by atoms with Gasteiger partial charge in [0.2, 0.25) is 5.82 Å². The minimum absolute atomic E-state index is 0.177. The minimum atomic E-state index is -1.09. The molecule has 1 N–H and O–H groups in total. The molecule has 6 heteroatoms. The molecule has 0 radical (unpaired) electrons. The van der Waals surface area contributed by atoms with Crippen molar-refractivity contribution >= 4 is 5.69 Å².